The van der Waals surface area contributed by atoms with Gasteiger partial charge in [-0.3, -0.25) is 4.79 Å². The number of amides is 1. The molecular formula is C17H19N3O5S. The molecule has 0 N–H and O–H groups in total. The van der Waals surface area contributed by atoms with Crippen molar-refractivity contribution in [3.8, 4) is 5.88 Å². The molecule has 0 aromatic carbocycles. The van der Waals surface area contributed by atoms with Gasteiger partial charge >= 0.3 is 0 Å². The normalized spacial score (nSPS) is 23.0. The lowest BCUT2D eigenvalue weighted by Gasteiger charge is -2.49. The Hall–Kier alpha value is -2.42. The highest BCUT2D eigenvalue weighted by Gasteiger charge is 2.63. The maximum Gasteiger partial charge on any atom is 0.292 e. The van der Waals surface area contributed by atoms with E-state index < -0.39 is 14.6 Å². The number of carbonyl (C=O) groups excluding carboxylic acids is 1. The molecule has 1 spiro atoms. The predicted molar refractivity (Wildman–Crippen MR) is 91.5 cm³/mol. The summed E-state index contributed by atoms with van der Waals surface area (Å²) in [6, 6.07) is 6.89. The van der Waals surface area contributed by atoms with Gasteiger partial charge in [0.05, 0.1) is 18.1 Å². The van der Waals surface area contributed by atoms with Crippen LogP contribution in [-0.4, -0.2) is 59.6 Å². The minimum Gasteiger partial charge on any atom is -0.477 e. The number of hydrogen-bond acceptors (Lipinski definition) is 7. The van der Waals surface area contributed by atoms with Crippen molar-refractivity contribution in [1.29, 1.82) is 0 Å². The van der Waals surface area contributed by atoms with Crippen molar-refractivity contribution in [3.05, 3.63) is 41.9 Å². The number of nitrogens with zero attached hydrogens (tertiary/aromatic N) is 3. The maximum absolute atomic E-state index is 12.7. The van der Waals surface area contributed by atoms with Crippen molar-refractivity contribution >= 4 is 15.7 Å². The Labute approximate surface area is 151 Å². The van der Waals surface area contributed by atoms with E-state index in [2.05, 4.69) is 10.1 Å². The van der Waals surface area contributed by atoms with Crippen LogP contribution in [0, 0.1) is 12.8 Å². The minimum absolute atomic E-state index is 0.118. The second-order valence-electron chi connectivity index (χ2n) is 6.84. The van der Waals surface area contributed by atoms with E-state index in [1.54, 1.807) is 31.3 Å². The van der Waals surface area contributed by atoms with Crippen molar-refractivity contribution in [2.24, 2.45) is 5.92 Å². The molecule has 138 valence electrons. The smallest absolute Gasteiger partial charge is 0.292 e. The van der Waals surface area contributed by atoms with Crippen LogP contribution in [0.3, 0.4) is 0 Å². The first-order valence-corrected chi connectivity index (χ1v) is 10.1. The summed E-state index contributed by atoms with van der Waals surface area (Å²) in [5.74, 6) is 0.218. The number of ether oxygens (including phenoxy) is 1. The lowest BCUT2D eigenvalue weighted by Crippen LogP contribution is -2.68. The highest BCUT2D eigenvalue weighted by atomic mass is 32.2. The molecule has 2 aliphatic heterocycles. The van der Waals surface area contributed by atoms with Gasteiger partial charge in [-0.1, -0.05) is 11.2 Å². The van der Waals surface area contributed by atoms with Gasteiger partial charge in [0.1, 0.15) is 4.75 Å². The van der Waals surface area contributed by atoms with Crippen LogP contribution in [-0.2, 0) is 9.84 Å². The summed E-state index contributed by atoms with van der Waals surface area (Å²) in [6.07, 6.45) is 2.15. The fourth-order valence-corrected chi connectivity index (χ4v) is 6.09. The van der Waals surface area contributed by atoms with Gasteiger partial charge in [-0.15, -0.1) is 0 Å². The first kappa shape index (κ1) is 17.0. The van der Waals surface area contributed by atoms with Crippen LogP contribution < -0.4 is 4.74 Å². The SMILES string of the molecule is Cc1cc(C(=O)N2CC3(C2)C(COc2ccccn2)CCS3(=O)=O)on1. The topological polar surface area (TPSA) is 103 Å². The Morgan fingerprint density at radius 3 is 2.88 bits per heavy atom. The predicted octanol–water partition coefficient (Wildman–Crippen LogP) is 1.09. The molecule has 0 saturated carbocycles. The number of aromatic nitrogens is 2. The number of rotatable bonds is 4. The molecule has 2 aliphatic rings. The summed E-state index contributed by atoms with van der Waals surface area (Å²) in [5.41, 5.74) is 0.610. The Bertz CT molecular complexity index is 919. The summed E-state index contributed by atoms with van der Waals surface area (Å²) in [5, 5.41) is 3.71. The second kappa shape index (κ2) is 6.08. The third-order valence-corrected chi connectivity index (χ3v) is 7.82. The van der Waals surface area contributed by atoms with E-state index in [-0.39, 0.29) is 43.0 Å². The van der Waals surface area contributed by atoms with Crippen LogP contribution in [0.4, 0.5) is 0 Å². The van der Waals surface area contributed by atoms with Crippen LogP contribution >= 0.6 is 0 Å². The molecule has 1 atom stereocenters. The summed E-state index contributed by atoms with van der Waals surface area (Å²) < 4.78 is 35.1. The maximum atomic E-state index is 12.7. The zero-order chi connectivity index (χ0) is 18.4. The van der Waals surface area contributed by atoms with Gasteiger partial charge in [0, 0.05) is 37.3 Å². The van der Waals surface area contributed by atoms with E-state index >= 15 is 0 Å². The van der Waals surface area contributed by atoms with Crippen molar-refractivity contribution in [2.75, 3.05) is 25.4 Å². The van der Waals surface area contributed by atoms with Gasteiger partial charge < -0.3 is 14.2 Å². The largest absolute Gasteiger partial charge is 0.477 e. The first-order valence-electron chi connectivity index (χ1n) is 8.40. The highest BCUT2D eigenvalue weighted by molar-refractivity contribution is 7.93. The van der Waals surface area contributed by atoms with Gasteiger partial charge in [-0.25, -0.2) is 13.4 Å². The van der Waals surface area contributed by atoms with Gasteiger partial charge in [0.2, 0.25) is 11.6 Å². The second-order valence-corrected chi connectivity index (χ2v) is 9.29. The molecule has 26 heavy (non-hydrogen) atoms. The van der Waals surface area contributed by atoms with Crippen molar-refractivity contribution in [1.82, 2.24) is 15.0 Å². The van der Waals surface area contributed by atoms with Crippen molar-refractivity contribution < 1.29 is 22.5 Å². The molecule has 4 heterocycles. The van der Waals surface area contributed by atoms with Gasteiger partial charge in [-0.05, 0) is 19.4 Å². The molecule has 2 saturated heterocycles. The fraction of sp³-hybridized carbons (Fsp3) is 0.471. The average molecular weight is 377 g/mol. The quantitative estimate of drug-likeness (QED) is 0.786. The molecule has 2 aromatic rings. The molecule has 2 fully saturated rings. The van der Waals surface area contributed by atoms with Crippen LogP contribution in [0.2, 0.25) is 0 Å². The molecule has 2 aromatic heterocycles. The van der Waals surface area contributed by atoms with E-state index in [9.17, 15) is 13.2 Å². The van der Waals surface area contributed by atoms with E-state index in [1.165, 1.54) is 4.90 Å². The zero-order valence-corrected chi connectivity index (χ0v) is 15.1. The lowest BCUT2D eigenvalue weighted by molar-refractivity contribution is 0.0371. The zero-order valence-electron chi connectivity index (χ0n) is 14.3. The third kappa shape index (κ3) is 2.66. The third-order valence-electron chi connectivity index (χ3n) is 5.21. The number of carbonyl (C=O) groups is 1. The standard InChI is InChI=1S/C17H19N3O5S/c1-12-8-14(25-19-12)16(21)20-10-17(11-20)13(5-7-26(17,22)23)9-24-15-4-2-3-6-18-15/h2-4,6,8,13H,5,7,9-11H2,1H3. The molecule has 1 unspecified atom stereocenters. The number of aryl methyl sites for hydroxylation is 1. The van der Waals surface area contributed by atoms with E-state index in [0.29, 0.717) is 18.0 Å². The number of likely N-dealkylation sites (tertiary alicyclic amines) is 1. The molecular weight excluding hydrogens is 358 g/mol. The molecule has 0 aliphatic carbocycles. The molecule has 1 amide bonds. The van der Waals surface area contributed by atoms with Crippen molar-refractivity contribution in [3.63, 3.8) is 0 Å². The number of hydrogen-bond donors (Lipinski definition) is 0. The molecule has 4 rings (SSSR count). The van der Waals surface area contributed by atoms with Gasteiger partial charge in [-0.2, -0.15) is 0 Å². The molecule has 0 radical (unpaired) electrons. The number of sulfone groups is 1. The lowest BCUT2D eigenvalue weighted by atomic mass is 9.83. The monoisotopic (exact) mass is 377 g/mol. The average Bonchev–Trinajstić information content (AvgIpc) is 3.13. The van der Waals surface area contributed by atoms with E-state index in [1.807, 2.05) is 6.07 Å². The highest BCUT2D eigenvalue weighted by Crippen LogP contribution is 2.45. The summed E-state index contributed by atoms with van der Waals surface area (Å²) in [6.45, 7) is 2.30. The fourth-order valence-electron chi connectivity index (χ4n) is 3.69. The molecule has 9 heteroatoms. The van der Waals surface area contributed by atoms with E-state index in [4.69, 9.17) is 9.26 Å². The minimum atomic E-state index is -3.29. The number of pyridine rings is 1. The van der Waals surface area contributed by atoms with Gasteiger partial charge in [0.25, 0.3) is 5.91 Å². The van der Waals surface area contributed by atoms with Crippen LogP contribution in [0.5, 0.6) is 5.88 Å². The van der Waals surface area contributed by atoms with Crippen LogP contribution in [0.15, 0.2) is 35.0 Å². The van der Waals surface area contributed by atoms with Crippen LogP contribution in [0.1, 0.15) is 22.7 Å². The van der Waals surface area contributed by atoms with Crippen molar-refractivity contribution in [2.45, 2.75) is 18.1 Å². The Kier molecular flexibility index (Phi) is 3.98. The summed E-state index contributed by atoms with van der Waals surface area (Å²) in [4.78, 5) is 18.0. The Balaban J connectivity index is 1.47. The van der Waals surface area contributed by atoms with Gasteiger partial charge in [0.15, 0.2) is 9.84 Å². The summed E-state index contributed by atoms with van der Waals surface area (Å²) in [7, 11) is -3.29. The summed E-state index contributed by atoms with van der Waals surface area (Å²) >= 11 is 0. The Morgan fingerprint density at radius 1 is 1.42 bits per heavy atom. The molecule has 8 nitrogen and oxygen atoms in total. The Morgan fingerprint density at radius 2 is 2.23 bits per heavy atom. The first-order chi connectivity index (χ1) is 12.4. The van der Waals surface area contributed by atoms with Crippen LogP contribution in [0.25, 0.3) is 0 Å². The molecule has 0 bridgehead atoms. The van der Waals surface area contributed by atoms with E-state index in [0.717, 1.165) is 0 Å².